The van der Waals surface area contributed by atoms with Crippen molar-refractivity contribution < 1.29 is 9.53 Å². The standard InChI is InChI=1S/C16H26N4O2.2ClH/c1-22-12-16(5-8-17-9-6-16)15(21)20-10-3-13(4-11-20)14-2-7-18-19-14;;/h2,7,13,17H,3-6,8-12H2,1H3,(H,18,19);2*1H. The average Bonchev–Trinajstić information content (AvgIpc) is 3.10. The second kappa shape index (κ2) is 9.61. The zero-order valence-electron chi connectivity index (χ0n) is 14.1. The quantitative estimate of drug-likeness (QED) is 0.839. The van der Waals surface area contributed by atoms with E-state index in [1.54, 1.807) is 13.3 Å². The molecule has 8 heteroatoms. The monoisotopic (exact) mass is 378 g/mol. The summed E-state index contributed by atoms with van der Waals surface area (Å²) in [5.41, 5.74) is 0.876. The summed E-state index contributed by atoms with van der Waals surface area (Å²) in [6.07, 6.45) is 5.57. The zero-order chi connectivity index (χ0) is 15.4. The van der Waals surface area contributed by atoms with Gasteiger partial charge in [0.25, 0.3) is 0 Å². The van der Waals surface area contributed by atoms with E-state index < -0.39 is 0 Å². The number of piperidine rings is 2. The van der Waals surface area contributed by atoms with Crippen LogP contribution in [0.5, 0.6) is 0 Å². The van der Waals surface area contributed by atoms with Crippen molar-refractivity contribution in [1.82, 2.24) is 20.4 Å². The van der Waals surface area contributed by atoms with Crippen LogP contribution in [-0.4, -0.2) is 60.9 Å². The Morgan fingerprint density at radius 3 is 2.54 bits per heavy atom. The summed E-state index contributed by atoms with van der Waals surface area (Å²) < 4.78 is 5.39. The number of amides is 1. The summed E-state index contributed by atoms with van der Waals surface area (Å²) in [6, 6.07) is 2.04. The van der Waals surface area contributed by atoms with Crippen LogP contribution in [0, 0.1) is 5.41 Å². The van der Waals surface area contributed by atoms with E-state index in [1.165, 1.54) is 5.69 Å². The van der Waals surface area contributed by atoms with Gasteiger partial charge in [0, 0.05) is 38.0 Å². The van der Waals surface area contributed by atoms with Crippen LogP contribution in [0.25, 0.3) is 0 Å². The van der Waals surface area contributed by atoms with Gasteiger partial charge in [0.1, 0.15) is 0 Å². The normalized spacial score (nSPS) is 20.8. The number of hydrogen-bond donors (Lipinski definition) is 2. The Hall–Kier alpha value is -0.820. The third-order valence-electron chi connectivity index (χ3n) is 5.18. The first-order chi connectivity index (χ1) is 10.7. The molecule has 3 rings (SSSR count). The van der Waals surface area contributed by atoms with E-state index in [4.69, 9.17) is 4.74 Å². The van der Waals surface area contributed by atoms with Crippen LogP contribution < -0.4 is 5.32 Å². The second-order valence-corrected chi connectivity index (χ2v) is 6.54. The molecule has 0 aromatic carbocycles. The highest BCUT2D eigenvalue weighted by molar-refractivity contribution is 5.85. The van der Waals surface area contributed by atoms with Gasteiger partial charge in [0.15, 0.2) is 0 Å². The van der Waals surface area contributed by atoms with Crippen molar-refractivity contribution in [3.63, 3.8) is 0 Å². The molecule has 24 heavy (non-hydrogen) atoms. The van der Waals surface area contributed by atoms with Crippen LogP contribution in [0.2, 0.25) is 0 Å². The number of hydrogen-bond acceptors (Lipinski definition) is 4. The van der Waals surface area contributed by atoms with Crippen LogP contribution >= 0.6 is 24.8 Å². The number of methoxy groups -OCH3 is 1. The fraction of sp³-hybridized carbons (Fsp3) is 0.750. The smallest absolute Gasteiger partial charge is 0.231 e. The number of carbonyl (C=O) groups is 1. The Kier molecular flexibility index (Phi) is 8.50. The van der Waals surface area contributed by atoms with E-state index in [0.717, 1.165) is 51.9 Å². The lowest BCUT2D eigenvalue weighted by Crippen LogP contribution is -2.53. The third kappa shape index (κ3) is 4.42. The molecule has 0 atom stereocenters. The molecule has 6 nitrogen and oxygen atoms in total. The second-order valence-electron chi connectivity index (χ2n) is 6.54. The first-order valence-electron chi connectivity index (χ1n) is 8.23. The molecule has 1 amide bonds. The molecule has 0 saturated carbocycles. The molecule has 0 aliphatic carbocycles. The molecule has 2 saturated heterocycles. The van der Waals surface area contributed by atoms with Gasteiger partial charge >= 0.3 is 0 Å². The van der Waals surface area contributed by atoms with Gasteiger partial charge in [-0.15, -0.1) is 24.8 Å². The van der Waals surface area contributed by atoms with Crippen LogP contribution in [0.1, 0.15) is 37.3 Å². The summed E-state index contributed by atoms with van der Waals surface area (Å²) in [6.45, 7) is 4.01. The Morgan fingerprint density at radius 1 is 1.33 bits per heavy atom. The van der Waals surface area contributed by atoms with Gasteiger partial charge in [-0.2, -0.15) is 5.10 Å². The van der Waals surface area contributed by atoms with Crippen LogP contribution in [0.4, 0.5) is 0 Å². The molecule has 0 spiro atoms. The summed E-state index contributed by atoms with van der Waals surface area (Å²) in [7, 11) is 1.70. The predicted molar refractivity (Wildman–Crippen MR) is 98.1 cm³/mol. The molecule has 2 aliphatic rings. The Balaban J connectivity index is 0.00000144. The van der Waals surface area contributed by atoms with E-state index in [1.807, 2.05) is 6.07 Å². The molecular formula is C16H28Cl2N4O2. The van der Waals surface area contributed by atoms with Gasteiger partial charge in [0.05, 0.1) is 12.0 Å². The number of rotatable bonds is 4. The first kappa shape index (κ1) is 21.2. The van der Waals surface area contributed by atoms with Crippen molar-refractivity contribution in [2.45, 2.75) is 31.6 Å². The van der Waals surface area contributed by atoms with Crippen molar-refractivity contribution in [2.24, 2.45) is 5.41 Å². The summed E-state index contributed by atoms with van der Waals surface area (Å²) in [5, 5.41) is 10.4. The molecule has 3 heterocycles. The van der Waals surface area contributed by atoms with Gasteiger partial charge < -0.3 is 15.0 Å². The number of likely N-dealkylation sites (tertiary alicyclic amines) is 1. The predicted octanol–water partition coefficient (Wildman–Crippen LogP) is 1.98. The van der Waals surface area contributed by atoms with Crippen molar-refractivity contribution in [2.75, 3.05) is 39.9 Å². The maximum atomic E-state index is 13.1. The number of H-pyrrole nitrogens is 1. The van der Waals surface area contributed by atoms with Crippen LogP contribution in [0.15, 0.2) is 12.3 Å². The minimum atomic E-state index is -0.319. The van der Waals surface area contributed by atoms with Crippen molar-refractivity contribution in [1.29, 1.82) is 0 Å². The zero-order valence-corrected chi connectivity index (χ0v) is 15.8. The number of ether oxygens (including phenoxy) is 1. The van der Waals surface area contributed by atoms with Crippen LogP contribution in [0.3, 0.4) is 0 Å². The van der Waals surface area contributed by atoms with E-state index >= 15 is 0 Å². The van der Waals surface area contributed by atoms with E-state index in [2.05, 4.69) is 20.4 Å². The maximum absolute atomic E-state index is 13.1. The lowest BCUT2D eigenvalue weighted by Gasteiger charge is -2.41. The Bertz CT molecular complexity index is 479. The highest BCUT2D eigenvalue weighted by Gasteiger charge is 2.43. The molecular weight excluding hydrogens is 351 g/mol. The highest BCUT2D eigenvalue weighted by Crippen LogP contribution is 2.34. The van der Waals surface area contributed by atoms with Gasteiger partial charge in [-0.1, -0.05) is 0 Å². The molecule has 138 valence electrons. The number of aromatic nitrogens is 2. The number of aromatic amines is 1. The molecule has 0 bridgehead atoms. The van der Waals surface area contributed by atoms with Crippen molar-refractivity contribution in [3.05, 3.63) is 18.0 Å². The molecule has 0 radical (unpaired) electrons. The van der Waals surface area contributed by atoms with E-state index in [-0.39, 0.29) is 30.2 Å². The summed E-state index contributed by atoms with van der Waals surface area (Å²) >= 11 is 0. The molecule has 2 fully saturated rings. The lowest BCUT2D eigenvalue weighted by atomic mass is 9.77. The van der Waals surface area contributed by atoms with Gasteiger partial charge in [-0.25, -0.2) is 0 Å². The van der Waals surface area contributed by atoms with Crippen LogP contribution in [-0.2, 0) is 9.53 Å². The van der Waals surface area contributed by atoms with Gasteiger partial charge in [0.2, 0.25) is 5.91 Å². The molecule has 2 N–H and O–H groups in total. The number of nitrogens with zero attached hydrogens (tertiary/aromatic N) is 2. The van der Waals surface area contributed by atoms with Gasteiger partial charge in [-0.3, -0.25) is 9.89 Å². The topological polar surface area (TPSA) is 70.2 Å². The average molecular weight is 379 g/mol. The van der Waals surface area contributed by atoms with E-state index in [0.29, 0.717) is 18.4 Å². The minimum absolute atomic E-state index is 0. The van der Waals surface area contributed by atoms with Gasteiger partial charge in [-0.05, 0) is 44.8 Å². The molecule has 1 aromatic heterocycles. The number of carbonyl (C=O) groups excluding carboxylic acids is 1. The fourth-order valence-corrected chi connectivity index (χ4v) is 3.82. The largest absolute Gasteiger partial charge is 0.384 e. The molecule has 0 unspecified atom stereocenters. The van der Waals surface area contributed by atoms with E-state index in [9.17, 15) is 4.79 Å². The maximum Gasteiger partial charge on any atom is 0.231 e. The third-order valence-corrected chi connectivity index (χ3v) is 5.18. The summed E-state index contributed by atoms with van der Waals surface area (Å²) in [4.78, 5) is 15.1. The first-order valence-corrected chi connectivity index (χ1v) is 8.23. The minimum Gasteiger partial charge on any atom is -0.384 e. The molecule has 2 aliphatic heterocycles. The fourth-order valence-electron chi connectivity index (χ4n) is 3.82. The Morgan fingerprint density at radius 2 is 2.00 bits per heavy atom. The summed E-state index contributed by atoms with van der Waals surface area (Å²) in [5.74, 6) is 0.789. The number of halogens is 2. The SMILES string of the molecule is COCC1(C(=O)N2CCC(c3ccn[nH]3)CC2)CCNCC1.Cl.Cl. The highest BCUT2D eigenvalue weighted by atomic mass is 35.5. The Labute approximate surface area is 155 Å². The lowest BCUT2D eigenvalue weighted by molar-refractivity contribution is -0.148. The van der Waals surface area contributed by atoms with Crippen molar-refractivity contribution >= 4 is 30.7 Å². The molecule has 1 aromatic rings. The number of nitrogens with one attached hydrogen (secondary N) is 2. The van der Waals surface area contributed by atoms with Crippen molar-refractivity contribution in [3.8, 4) is 0 Å².